The van der Waals surface area contributed by atoms with Crippen LogP contribution in [0, 0.1) is 6.92 Å². The van der Waals surface area contributed by atoms with Crippen molar-refractivity contribution in [2.75, 3.05) is 11.9 Å². The van der Waals surface area contributed by atoms with E-state index in [9.17, 15) is 14.7 Å². The molecule has 3 aromatic rings. The van der Waals surface area contributed by atoms with Crippen LogP contribution in [-0.4, -0.2) is 33.4 Å². The highest BCUT2D eigenvalue weighted by Crippen LogP contribution is 2.38. The summed E-state index contributed by atoms with van der Waals surface area (Å²) in [5, 5.41) is 20.7. The van der Waals surface area contributed by atoms with Crippen molar-refractivity contribution in [3.05, 3.63) is 65.4 Å². The number of anilines is 1. The first-order valence-electron chi connectivity index (χ1n) is 11.1. The van der Waals surface area contributed by atoms with E-state index < -0.39 is 0 Å². The number of nitrogens with zero attached hydrogens (tertiary/aromatic N) is 2. The van der Waals surface area contributed by atoms with Gasteiger partial charge in [0, 0.05) is 29.3 Å². The minimum Gasteiger partial charge on any atom is -0.507 e. The number of phenolic OH excluding ortho intramolecular Hbond substituents is 1. The van der Waals surface area contributed by atoms with E-state index in [0.29, 0.717) is 29.1 Å². The van der Waals surface area contributed by atoms with E-state index in [4.69, 9.17) is 0 Å². The van der Waals surface area contributed by atoms with Crippen molar-refractivity contribution >= 4 is 17.6 Å². The maximum absolute atomic E-state index is 12.6. The fourth-order valence-corrected chi connectivity index (χ4v) is 4.16. The molecular formula is C25H28N4O3. The molecule has 0 bridgehead atoms. The number of rotatable bonds is 5. The molecule has 1 heterocycles. The fraction of sp³-hybridized carbons (Fsp3) is 0.320. The van der Waals surface area contributed by atoms with Crippen molar-refractivity contribution in [3.8, 4) is 17.0 Å². The molecule has 1 aliphatic rings. The third-order valence-electron chi connectivity index (χ3n) is 5.87. The summed E-state index contributed by atoms with van der Waals surface area (Å²) in [5.41, 5.74) is 4.00. The number of hydrogen-bond donors (Lipinski definition) is 3. The van der Waals surface area contributed by atoms with Gasteiger partial charge < -0.3 is 15.7 Å². The topological polar surface area (TPSA) is 96.3 Å². The van der Waals surface area contributed by atoms with Gasteiger partial charge in [0.25, 0.3) is 5.91 Å². The molecule has 0 aliphatic heterocycles. The van der Waals surface area contributed by atoms with Crippen molar-refractivity contribution in [2.45, 2.75) is 45.4 Å². The summed E-state index contributed by atoms with van der Waals surface area (Å²) in [7, 11) is 0. The van der Waals surface area contributed by atoms with Gasteiger partial charge in [0.15, 0.2) is 0 Å². The van der Waals surface area contributed by atoms with Crippen molar-refractivity contribution in [1.82, 2.24) is 15.1 Å². The normalized spacial score (nSPS) is 13.8. The molecule has 0 spiro atoms. The van der Waals surface area contributed by atoms with Crippen LogP contribution in [0.2, 0.25) is 0 Å². The molecule has 32 heavy (non-hydrogen) atoms. The fourth-order valence-electron chi connectivity index (χ4n) is 4.16. The van der Waals surface area contributed by atoms with Crippen molar-refractivity contribution in [1.29, 1.82) is 0 Å². The second kappa shape index (κ2) is 9.26. The van der Waals surface area contributed by atoms with E-state index >= 15 is 0 Å². The maximum atomic E-state index is 12.6. The number of hydrogen-bond acceptors (Lipinski definition) is 4. The van der Waals surface area contributed by atoms with Gasteiger partial charge in [-0.3, -0.25) is 4.79 Å². The lowest BCUT2D eigenvalue weighted by Gasteiger charge is -2.11. The van der Waals surface area contributed by atoms with E-state index in [0.717, 1.165) is 36.9 Å². The van der Waals surface area contributed by atoms with Crippen LogP contribution in [-0.2, 0) is 0 Å². The third kappa shape index (κ3) is 4.51. The summed E-state index contributed by atoms with van der Waals surface area (Å²) in [5.74, 6) is 0.0726. The molecule has 0 radical (unpaired) electrons. The van der Waals surface area contributed by atoms with Gasteiger partial charge in [-0.15, -0.1) is 0 Å². The minimum atomic E-state index is -0.274. The summed E-state index contributed by atoms with van der Waals surface area (Å²) in [6.07, 6.45) is 4.30. The van der Waals surface area contributed by atoms with Gasteiger partial charge in [-0.25, -0.2) is 4.79 Å². The molecule has 2 amide bonds. The largest absolute Gasteiger partial charge is 0.507 e. The second-order valence-electron chi connectivity index (χ2n) is 8.24. The number of nitrogens with one attached hydrogen (secondary N) is 2. The highest BCUT2D eigenvalue weighted by molar-refractivity contribution is 6.04. The molecule has 0 unspecified atom stereocenters. The first-order chi connectivity index (χ1) is 15.5. The van der Waals surface area contributed by atoms with Gasteiger partial charge in [0.05, 0.1) is 11.4 Å². The Morgan fingerprint density at radius 3 is 2.50 bits per heavy atom. The maximum Gasteiger partial charge on any atom is 0.342 e. The van der Waals surface area contributed by atoms with Gasteiger partial charge in [-0.2, -0.15) is 9.78 Å². The Balaban J connectivity index is 1.65. The standard InChI is InChI=1S/C25H28N4O3/c1-3-26-25(32)29-22(17-6-4-5-7-17)15-21(28-29)20-14-19(12-13-23(20)30)27-24(31)18-10-8-16(2)9-11-18/h8-15,17,30H,3-7H2,1-2H3,(H,26,32)(H,27,31). The third-order valence-corrected chi connectivity index (χ3v) is 5.87. The number of phenols is 1. The monoisotopic (exact) mass is 432 g/mol. The van der Waals surface area contributed by atoms with Crippen molar-refractivity contribution in [3.63, 3.8) is 0 Å². The molecule has 4 rings (SSSR count). The predicted molar refractivity (Wildman–Crippen MR) is 124 cm³/mol. The highest BCUT2D eigenvalue weighted by atomic mass is 16.3. The zero-order chi connectivity index (χ0) is 22.7. The van der Waals surface area contributed by atoms with Gasteiger partial charge in [-0.1, -0.05) is 30.5 Å². The molecular weight excluding hydrogens is 404 g/mol. The molecule has 7 heteroatoms. The SMILES string of the molecule is CCNC(=O)n1nc(-c2cc(NC(=O)c3ccc(C)cc3)ccc2O)cc1C1CCCC1. The zero-order valence-corrected chi connectivity index (χ0v) is 18.4. The average molecular weight is 433 g/mol. The summed E-state index contributed by atoms with van der Waals surface area (Å²) >= 11 is 0. The number of carbonyl (C=O) groups is 2. The molecule has 1 fully saturated rings. The number of aryl methyl sites for hydroxylation is 1. The van der Waals surface area contributed by atoms with E-state index in [-0.39, 0.29) is 23.6 Å². The minimum absolute atomic E-state index is 0.0388. The Morgan fingerprint density at radius 1 is 1.09 bits per heavy atom. The number of aromatic nitrogens is 2. The smallest absolute Gasteiger partial charge is 0.342 e. The molecule has 1 aromatic heterocycles. The first kappa shape index (κ1) is 21.6. The van der Waals surface area contributed by atoms with Crippen LogP contribution in [0.1, 0.15) is 60.1 Å². The highest BCUT2D eigenvalue weighted by Gasteiger charge is 2.26. The molecule has 1 aliphatic carbocycles. The summed E-state index contributed by atoms with van der Waals surface area (Å²) in [4.78, 5) is 25.2. The van der Waals surface area contributed by atoms with E-state index in [2.05, 4.69) is 15.7 Å². The Hall–Kier alpha value is -3.61. The second-order valence-corrected chi connectivity index (χ2v) is 8.24. The van der Waals surface area contributed by atoms with Gasteiger partial charge >= 0.3 is 6.03 Å². The molecule has 0 saturated heterocycles. The van der Waals surface area contributed by atoms with E-state index in [1.165, 1.54) is 10.7 Å². The summed E-state index contributed by atoms with van der Waals surface area (Å²) < 4.78 is 1.42. The Labute approximate surface area is 187 Å². The lowest BCUT2D eigenvalue weighted by molar-refractivity contribution is 0.102. The molecule has 1 saturated carbocycles. The Morgan fingerprint density at radius 2 is 1.81 bits per heavy atom. The van der Waals surface area contributed by atoms with Gasteiger partial charge in [-0.05, 0) is 63.1 Å². The predicted octanol–water partition coefficient (Wildman–Crippen LogP) is 5.05. The summed E-state index contributed by atoms with van der Waals surface area (Å²) in [6, 6.07) is 13.8. The van der Waals surface area contributed by atoms with E-state index in [1.807, 2.05) is 32.0 Å². The van der Waals surface area contributed by atoms with Crippen molar-refractivity contribution < 1.29 is 14.7 Å². The van der Waals surface area contributed by atoms with Crippen molar-refractivity contribution in [2.24, 2.45) is 0 Å². The van der Waals surface area contributed by atoms with Crippen LogP contribution in [0.5, 0.6) is 5.75 Å². The number of benzene rings is 2. The van der Waals surface area contributed by atoms with Crippen LogP contribution < -0.4 is 10.6 Å². The summed E-state index contributed by atoms with van der Waals surface area (Å²) in [6.45, 7) is 4.33. The quantitative estimate of drug-likeness (QED) is 0.492. The number of carbonyl (C=O) groups excluding carboxylic acids is 2. The van der Waals surface area contributed by atoms with Crippen LogP contribution in [0.25, 0.3) is 11.3 Å². The number of amides is 2. The molecule has 3 N–H and O–H groups in total. The van der Waals surface area contributed by atoms with Gasteiger partial charge in [0.2, 0.25) is 0 Å². The van der Waals surface area contributed by atoms with Crippen LogP contribution in [0.4, 0.5) is 10.5 Å². The van der Waals surface area contributed by atoms with Crippen LogP contribution in [0.3, 0.4) is 0 Å². The molecule has 2 aromatic carbocycles. The lowest BCUT2D eigenvalue weighted by atomic mass is 10.0. The van der Waals surface area contributed by atoms with Crippen LogP contribution in [0.15, 0.2) is 48.5 Å². The molecule has 166 valence electrons. The average Bonchev–Trinajstić information content (AvgIpc) is 3.45. The van der Waals surface area contributed by atoms with Gasteiger partial charge in [0.1, 0.15) is 5.75 Å². The van der Waals surface area contributed by atoms with E-state index in [1.54, 1.807) is 24.3 Å². The molecule has 0 atom stereocenters. The first-order valence-corrected chi connectivity index (χ1v) is 11.1. The molecule has 7 nitrogen and oxygen atoms in total. The zero-order valence-electron chi connectivity index (χ0n) is 18.4. The Bertz CT molecular complexity index is 1130. The Kier molecular flexibility index (Phi) is 6.25. The lowest BCUT2D eigenvalue weighted by Crippen LogP contribution is -2.30. The van der Waals surface area contributed by atoms with Crippen LogP contribution >= 0.6 is 0 Å². The number of aromatic hydroxyl groups is 1.